The fourth-order valence-electron chi connectivity index (χ4n) is 4.38. The Morgan fingerprint density at radius 1 is 0.969 bits per heavy atom. The van der Waals surface area contributed by atoms with Crippen molar-refractivity contribution in [2.45, 2.75) is 43.4 Å². The fraction of sp³-hybridized carbons (Fsp3) is 0.318. The van der Waals surface area contributed by atoms with Gasteiger partial charge in [-0.05, 0) is 36.6 Å². The number of rotatable bonds is 3. The highest BCUT2D eigenvalue weighted by atomic mass is 19.4. The summed E-state index contributed by atoms with van der Waals surface area (Å²) in [4.78, 5) is 15.3. The zero-order chi connectivity index (χ0) is 23.3. The van der Waals surface area contributed by atoms with Crippen LogP contribution in [0, 0.1) is 0 Å². The molecule has 2 N–H and O–H groups in total. The summed E-state index contributed by atoms with van der Waals surface area (Å²) in [6.45, 7) is 0. The molecule has 2 aromatic carbocycles. The van der Waals surface area contributed by atoms with Gasteiger partial charge in [0.1, 0.15) is 0 Å². The first-order chi connectivity index (χ1) is 15.0. The van der Waals surface area contributed by atoms with E-state index >= 15 is 0 Å². The molecule has 0 amide bonds. The normalized spacial score (nSPS) is 20.7. The van der Waals surface area contributed by atoms with Crippen LogP contribution in [0.25, 0.3) is 10.9 Å². The van der Waals surface area contributed by atoms with Crippen LogP contribution in [0.15, 0.2) is 59.4 Å². The molecule has 170 valence electrons. The largest absolute Gasteiger partial charge is 0.417 e. The van der Waals surface area contributed by atoms with Crippen LogP contribution in [-0.4, -0.2) is 28.4 Å². The Kier molecular flexibility index (Phi) is 5.44. The van der Waals surface area contributed by atoms with Crippen molar-refractivity contribution in [1.29, 1.82) is 0 Å². The van der Waals surface area contributed by atoms with E-state index in [2.05, 4.69) is 4.98 Å². The SMILES string of the molecule is O=c1cc(C(F)(F)F)c2cc(N3[C@@H]([C@H](O)C(F)(F)F)CC[C@H]3c3ccccc3)ccc2[nH]1. The number of pyridine rings is 1. The van der Waals surface area contributed by atoms with Gasteiger partial charge in [0.25, 0.3) is 0 Å². The van der Waals surface area contributed by atoms with E-state index in [9.17, 15) is 36.2 Å². The minimum absolute atomic E-state index is 0.00394. The number of benzene rings is 2. The molecule has 4 rings (SSSR count). The Labute approximate surface area is 178 Å². The van der Waals surface area contributed by atoms with Gasteiger partial charge in [0.05, 0.1) is 17.6 Å². The Balaban J connectivity index is 1.89. The maximum absolute atomic E-state index is 13.6. The third-order valence-corrected chi connectivity index (χ3v) is 5.74. The summed E-state index contributed by atoms with van der Waals surface area (Å²) in [7, 11) is 0. The molecule has 0 bridgehead atoms. The summed E-state index contributed by atoms with van der Waals surface area (Å²) < 4.78 is 80.8. The maximum Gasteiger partial charge on any atom is 0.417 e. The van der Waals surface area contributed by atoms with E-state index < -0.39 is 41.7 Å². The number of aliphatic hydroxyl groups is 1. The summed E-state index contributed by atoms with van der Waals surface area (Å²) >= 11 is 0. The molecule has 2 heterocycles. The molecule has 0 unspecified atom stereocenters. The molecular formula is C22H18F6N2O2. The molecule has 0 spiro atoms. The van der Waals surface area contributed by atoms with Crippen LogP contribution in [0.5, 0.6) is 0 Å². The van der Waals surface area contributed by atoms with Crippen molar-refractivity contribution in [1.82, 2.24) is 4.98 Å². The van der Waals surface area contributed by atoms with E-state index in [-0.39, 0.29) is 29.4 Å². The lowest BCUT2D eigenvalue weighted by Crippen LogP contribution is -2.47. The van der Waals surface area contributed by atoms with Crippen molar-refractivity contribution < 1.29 is 31.4 Å². The molecule has 1 aliphatic heterocycles. The van der Waals surface area contributed by atoms with Gasteiger partial charge in [-0.3, -0.25) is 4.79 Å². The average molecular weight is 456 g/mol. The van der Waals surface area contributed by atoms with Crippen molar-refractivity contribution in [3.05, 3.63) is 76.1 Å². The van der Waals surface area contributed by atoms with E-state index in [4.69, 9.17) is 0 Å². The number of aliphatic hydroxyl groups excluding tert-OH is 1. The summed E-state index contributed by atoms with van der Waals surface area (Å²) in [6, 6.07) is 10.8. The second-order valence-corrected chi connectivity index (χ2v) is 7.74. The number of halogens is 6. The average Bonchev–Trinajstić information content (AvgIpc) is 3.16. The zero-order valence-electron chi connectivity index (χ0n) is 16.4. The Morgan fingerprint density at radius 3 is 2.28 bits per heavy atom. The maximum atomic E-state index is 13.6. The van der Waals surface area contributed by atoms with E-state index in [1.807, 2.05) is 0 Å². The quantitative estimate of drug-likeness (QED) is 0.534. The number of hydrogen-bond acceptors (Lipinski definition) is 3. The van der Waals surface area contributed by atoms with Gasteiger partial charge in [-0.2, -0.15) is 26.3 Å². The number of fused-ring (bicyclic) bond motifs is 1. The number of nitrogens with one attached hydrogen (secondary N) is 1. The molecule has 0 saturated carbocycles. The fourth-order valence-corrected chi connectivity index (χ4v) is 4.38. The van der Waals surface area contributed by atoms with Crippen LogP contribution in [0.2, 0.25) is 0 Å². The monoisotopic (exact) mass is 456 g/mol. The topological polar surface area (TPSA) is 56.3 Å². The molecule has 3 atom stereocenters. The van der Waals surface area contributed by atoms with Crippen LogP contribution in [0.4, 0.5) is 32.0 Å². The summed E-state index contributed by atoms with van der Waals surface area (Å²) in [5.41, 5.74) is -1.43. The van der Waals surface area contributed by atoms with Gasteiger partial charge in [-0.1, -0.05) is 30.3 Å². The number of H-pyrrole nitrogens is 1. The van der Waals surface area contributed by atoms with Gasteiger partial charge >= 0.3 is 12.4 Å². The molecule has 1 saturated heterocycles. The zero-order valence-corrected chi connectivity index (χ0v) is 16.4. The standard InChI is InChI=1S/C22H18F6N2O2/c23-21(24,25)15-11-19(31)29-16-7-6-13(10-14(15)16)30-17(12-4-2-1-3-5-12)8-9-18(30)20(32)22(26,27)28/h1-7,10-11,17-18,20,32H,8-9H2,(H,29,31)/t17-,18+,20-/m0/s1. The van der Waals surface area contributed by atoms with Crippen molar-refractivity contribution in [3.8, 4) is 0 Å². The van der Waals surface area contributed by atoms with Gasteiger partial charge in [0.2, 0.25) is 5.56 Å². The molecule has 10 heteroatoms. The van der Waals surface area contributed by atoms with E-state index in [1.54, 1.807) is 30.3 Å². The third-order valence-electron chi connectivity index (χ3n) is 5.74. The highest BCUT2D eigenvalue weighted by molar-refractivity contribution is 5.86. The first kappa shape index (κ1) is 22.2. The second-order valence-electron chi connectivity index (χ2n) is 7.74. The molecule has 1 fully saturated rings. The third kappa shape index (κ3) is 4.06. The molecular weight excluding hydrogens is 438 g/mol. The molecule has 1 aliphatic rings. The van der Waals surface area contributed by atoms with Crippen molar-refractivity contribution in [2.75, 3.05) is 4.90 Å². The van der Waals surface area contributed by atoms with Crippen LogP contribution < -0.4 is 10.5 Å². The Hall–Kier alpha value is -3.01. The number of nitrogens with zero attached hydrogens (tertiary/aromatic N) is 1. The van der Waals surface area contributed by atoms with Gasteiger partial charge in [0.15, 0.2) is 6.10 Å². The lowest BCUT2D eigenvalue weighted by atomic mass is 10.0. The number of hydrogen-bond donors (Lipinski definition) is 2. The van der Waals surface area contributed by atoms with Crippen LogP contribution >= 0.6 is 0 Å². The highest BCUT2D eigenvalue weighted by Gasteiger charge is 2.50. The lowest BCUT2D eigenvalue weighted by molar-refractivity contribution is -0.209. The minimum atomic E-state index is -4.90. The van der Waals surface area contributed by atoms with Crippen molar-refractivity contribution in [2.24, 2.45) is 0 Å². The van der Waals surface area contributed by atoms with Crippen molar-refractivity contribution >= 4 is 16.6 Å². The van der Waals surface area contributed by atoms with Gasteiger partial charge < -0.3 is 15.0 Å². The molecule has 0 aliphatic carbocycles. The predicted molar refractivity (Wildman–Crippen MR) is 106 cm³/mol. The van der Waals surface area contributed by atoms with Crippen LogP contribution in [0.1, 0.15) is 30.0 Å². The smallest absolute Gasteiger partial charge is 0.382 e. The predicted octanol–water partition coefficient (Wildman–Crippen LogP) is 5.18. The number of alkyl halides is 6. The molecule has 3 aromatic rings. The molecule has 0 radical (unpaired) electrons. The summed E-state index contributed by atoms with van der Waals surface area (Å²) in [6.07, 6.45) is -12.1. The molecule has 32 heavy (non-hydrogen) atoms. The first-order valence-electron chi connectivity index (χ1n) is 9.79. The minimum Gasteiger partial charge on any atom is -0.382 e. The van der Waals surface area contributed by atoms with E-state index in [0.29, 0.717) is 11.6 Å². The lowest BCUT2D eigenvalue weighted by Gasteiger charge is -2.36. The number of aromatic amines is 1. The number of aromatic nitrogens is 1. The van der Waals surface area contributed by atoms with Crippen LogP contribution in [0.3, 0.4) is 0 Å². The summed E-state index contributed by atoms with van der Waals surface area (Å²) in [5, 5.41) is 9.68. The Morgan fingerprint density at radius 2 is 1.66 bits per heavy atom. The number of anilines is 1. The first-order valence-corrected chi connectivity index (χ1v) is 9.79. The Bertz CT molecular complexity index is 1170. The van der Waals surface area contributed by atoms with E-state index in [1.165, 1.54) is 17.0 Å². The second kappa shape index (κ2) is 7.84. The van der Waals surface area contributed by atoms with E-state index in [0.717, 1.165) is 6.07 Å². The van der Waals surface area contributed by atoms with Gasteiger partial charge in [-0.25, -0.2) is 0 Å². The molecule has 4 nitrogen and oxygen atoms in total. The van der Waals surface area contributed by atoms with Crippen molar-refractivity contribution in [3.63, 3.8) is 0 Å². The molecule has 1 aromatic heterocycles. The van der Waals surface area contributed by atoms with Gasteiger partial charge in [0, 0.05) is 22.7 Å². The van der Waals surface area contributed by atoms with Gasteiger partial charge in [-0.15, -0.1) is 0 Å². The highest BCUT2D eigenvalue weighted by Crippen LogP contribution is 2.45. The van der Waals surface area contributed by atoms with Crippen LogP contribution in [-0.2, 0) is 6.18 Å². The summed E-state index contributed by atoms with van der Waals surface area (Å²) in [5.74, 6) is 0.